The van der Waals surface area contributed by atoms with E-state index in [1.165, 1.54) is 0 Å². The fraction of sp³-hybridized carbons (Fsp3) is 0.500. The fourth-order valence-corrected chi connectivity index (χ4v) is 10.8. The Morgan fingerprint density at radius 3 is 0.917 bits per heavy atom. The summed E-state index contributed by atoms with van der Waals surface area (Å²) in [7, 11) is -2.54. The van der Waals surface area contributed by atoms with Gasteiger partial charge in [0.15, 0.2) is 34.9 Å². The smallest absolute Gasteiger partial charge is 0.200 e. The summed E-state index contributed by atoms with van der Waals surface area (Å²) in [6.07, 6.45) is 4.09. The van der Waals surface area contributed by atoms with Gasteiger partial charge in [-0.2, -0.15) is 7.80 Å². The highest BCUT2D eigenvalue weighted by molar-refractivity contribution is 7.95. The van der Waals surface area contributed by atoms with Crippen molar-refractivity contribution in [2.45, 2.75) is 75.5 Å². The minimum atomic E-state index is -2.54. The summed E-state index contributed by atoms with van der Waals surface area (Å²) in [4.78, 5) is 0. The van der Waals surface area contributed by atoms with E-state index in [0.29, 0.717) is 51.4 Å². The zero-order chi connectivity index (χ0) is 26.3. The van der Waals surface area contributed by atoms with Gasteiger partial charge in [-0.15, -0.1) is 10.9 Å². The van der Waals surface area contributed by atoms with Gasteiger partial charge in [0.25, 0.3) is 0 Å². The molecule has 2 fully saturated rings. The lowest BCUT2D eigenvalue weighted by atomic mass is 9.60. The van der Waals surface area contributed by atoms with Gasteiger partial charge in [-0.25, -0.2) is 43.9 Å². The van der Waals surface area contributed by atoms with E-state index in [2.05, 4.69) is 0 Å². The molecule has 0 amide bonds. The number of hydrogen-bond donors (Lipinski definition) is 0. The summed E-state index contributed by atoms with van der Waals surface area (Å²) in [6.45, 7) is 0. The molecule has 12 heteroatoms. The topological polar surface area (TPSA) is 0 Å². The molecule has 2 aromatic rings. The van der Waals surface area contributed by atoms with Gasteiger partial charge >= 0.3 is 0 Å². The third-order valence-corrected chi connectivity index (χ3v) is 11.8. The Morgan fingerprint density at radius 1 is 0.389 bits per heavy atom. The molecule has 2 saturated carbocycles. The summed E-state index contributed by atoms with van der Waals surface area (Å²) >= 11 is 0. The van der Waals surface area contributed by atoms with Crippen molar-refractivity contribution >= 4 is 25.2 Å². The maximum atomic E-state index is 15.2. The first kappa shape index (κ1) is 27.3. The molecule has 36 heavy (non-hydrogen) atoms. The van der Waals surface area contributed by atoms with E-state index in [4.69, 9.17) is 0 Å². The maximum absolute atomic E-state index is 15.2. The van der Waals surface area contributed by atoms with Crippen LogP contribution in [0.25, 0.3) is 0 Å². The van der Waals surface area contributed by atoms with Crippen LogP contribution in [-0.4, -0.2) is 17.8 Å². The molecule has 2 aliphatic rings. The minimum Gasteiger partial charge on any atom is -0.207 e. The summed E-state index contributed by atoms with van der Waals surface area (Å²) in [5.74, 6) is -23.5. The van der Waals surface area contributed by atoms with Crippen molar-refractivity contribution in [3.8, 4) is 0 Å². The van der Waals surface area contributed by atoms with Gasteiger partial charge in [0.05, 0.1) is 0 Å². The van der Waals surface area contributed by atoms with Gasteiger partial charge in [0.2, 0.25) is 0 Å². The number of halogens is 10. The number of rotatable bonds is 5. The second-order valence-electron chi connectivity index (χ2n) is 9.57. The van der Waals surface area contributed by atoms with Crippen molar-refractivity contribution in [1.82, 2.24) is 0 Å². The van der Waals surface area contributed by atoms with Crippen LogP contribution in [0.4, 0.5) is 43.9 Å². The van der Waals surface area contributed by atoms with Gasteiger partial charge in [0.1, 0.15) is 29.7 Å². The van der Waals surface area contributed by atoms with Gasteiger partial charge in [-0.3, -0.25) is 0 Å². The van der Waals surface area contributed by atoms with Crippen LogP contribution in [-0.2, 0) is 0 Å². The summed E-state index contributed by atoms with van der Waals surface area (Å²) in [6, 6.07) is 0. The predicted molar refractivity (Wildman–Crippen MR) is 120 cm³/mol. The number of hydrogen-bond acceptors (Lipinski definition) is 0. The van der Waals surface area contributed by atoms with Crippen LogP contribution in [0.3, 0.4) is 0 Å². The van der Waals surface area contributed by atoms with Crippen LogP contribution in [0.15, 0.2) is 0 Å². The van der Waals surface area contributed by atoms with Crippen molar-refractivity contribution in [2.75, 3.05) is 0 Å². The summed E-state index contributed by atoms with van der Waals surface area (Å²) in [5, 5.41) is 0. The van der Waals surface area contributed by atoms with Crippen LogP contribution in [0.5, 0.6) is 0 Å². The quantitative estimate of drug-likeness (QED) is 0.125. The van der Waals surface area contributed by atoms with E-state index in [1.807, 2.05) is 0 Å². The van der Waals surface area contributed by atoms with E-state index in [9.17, 15) is 26.3 Å². The highest BCUT2D eigenvalue weighted by Gasteiger charge is 2.44. The molecule has 2 aromatic carbocycles. The predicted octanol–water partition coefficient (Wildman–Crippen LogP) is 7.06. The third kappa shape index (κ3) is 4.65. The Labute approximate surface area is 203 Å². The first-order valence-electron chi connectivity index (χ1n) is 12.0. The van der Waals surface area contributed by atoms with Crippen molar-refractivity contribution in [1.29, 1.82) is 0 Å². The van der Waals surface area contributed by atoms with Gasteiger partial charge < -0.3 is 0 Å². The molecule has 0 unspecified atom stereocenters. The van der Waals surface area contributed by atoms with Crippen molar-refractivity contribution < 1.29 is 43.9 Å². The molecule has 0 N–H and O–H groups in total. The van der Waals surface area contributed by atoms with Gasteiger partial charge in [-0.1, -0.05) is 12.8 Å². The molecule has 1 radical (unpaired) electrons. The Morgan fingerprint density at radius 2 is 0.639 bits per heavy atom. The average Bonchev–Trinajstić information content (AvgIpc) is 2.90. The van der Waals surface area contributed by atoms with Crippen LogP contribution >= 0.6 is 7.80 Å². The zero-order valence-electron chi connectivity index (χ0n) is 19.1. The van der Waals surface area contributed by atoms with Crippen LogP contribution in [0.2, 0.25) is 0 Å². The molecule has 0 aromatic heterocycles. The summed E-state index contributed by atoms with van der Waals surface area (Å²) < 4.78 is 146. The molecule has 4 rings (SSSR count). The first-order valence-corrected chi connectivity index (χ1v) is 13.7. The molecule has 0 aliphatic heterocycles. The van der Waals surface area contributed by atoms with Crippen LogP contribution in [0, 0.1) is 58.2 Å². The average molecular weight is 543 g/mol. The molecule has 0 nitrogen and oxygen atoms in total. The van der Waals surface area contributed by atoms with Crippen molar-refractivity contribution in [2.24, 2.45) is 0 Å². The van der Waals surface area contributed by atoms with Crippen LogP contribution < -0.4 is 10.9 Å². The Balaban J connectivity index is 2.08. The van der Waals surface area contributed by atoms with E-state index < -0.39 is 83.3 Å². The molecule has 2 aliphatic carbocycles. The van der Waals surface area contributed by atoms with E-state index in [0.717, 1.165) is 12.8 Å². The SMILES string of the molecule is Fc1c(F)c(F)c([B-](c2c(F)c(F)c(F)c(F)c2F)[PH+](C2CCCCC2)C2CCCCC2)c(F)c1F. The first-order chi connectivity index (χ1) is 17.1. The highest BCUT2D eigenvalue weighted by atomic mass is 31.1. The lowest BCUT2D eigenvalue weighted by Gasteiger charge is -2.44. The van der Waals surface area contributed by atoms with E-state index in [1.54, 1.807) is 0 Å². The Kier molecular flexibility index (Phi) is 8.27. The second kappa shape index (κ2) is 10.9. The normalized spacial score (nSPS) is 18.0. The molecule has 0 atom stereocenters. The van der Waals surface area contributed by atoms with Gasteiger partial charge in [-0.05, 0) is 51.4 Å². The van der Waals surface area contributed by atoms with E-state index in [-0.39, 0.29) is 11.3 Å². The molecule has 0 bridgehead atoms. The highest BCUT2D eigenvalue weighted by Crippen LogP contribution is 2.57. The molecule has 0 heterocycles. The van der Waals surface area contributed by atoms with Crippen molar-refractivity contribution in [3.63, 3.8) is 0 Å². The molecular weight excluding hydrogens is 520 g/mol. The number of benzene rings is 2. The van der Waals surface area contributed by atoms with Crippen LogP contribution in [0.1, 0.15) is 64.2 Å². The monoisotopic (exact) mass is 543 g/mol. The molecule has 0 spiro atoms. The molecule has 0 saturated heterocycles. The van der Waals surface area contributed by atoms with Crippen molar-refractivity contribution in [3.05, 3.63) is 58.2 Å². The second-order valence-corrected chi connectivity index (χ2v) is 12.8. The lowest BCUT2D eigenvalue weighted by molar-refractivity contribution is 0.382. The summed E-state index contributed by atoms with van der Waals surface area (Å²) in [5.41, 5.74) is -3.78. The Bertz CT molecular complexity index is 999. The van der Waals surface area contributed by atoms with E-state index >= 15 is 17.6 Å². The minimum absolute atomic E-state index is 0.373. The standard InChI is InChI=1S/C24H23BF10P/c26-15-13(16(27)20(31)23(34)19(15)30)25(14-17(28)21(32)24(35)22(33)18(14)29)36(11-7-3-1-4-8-11)12-9-5-2-6-10-12/h11-12,36H,1-10H2. The molecule has 197 valence electrons. The Hall–Kier alpha value is -1.77. The third-order valence-electron chi connectivity index (χ3n) is 7.55. The molecular formula is C24H23BF10P. The zero-order valence-corrected chi connectivity index (χ0v) is 20.1. The van der Waals surface area contributed by atoms with Gasteiger partial charge in [0, 0.05) is 11.3 Å². The fourth-order valence-electron chi connectivity index (χ4n) is 5.90. The lowest BCUT2D eigenvalue weighted by Crippen LogP contribution is -2.52. The maximum Gasteiger partial charge on any atom is 0.200 e. The largest absolute Gasteiger partial charge is 0.207 e.